The van der Waals surface area contributed by atoms with Crippen LogP contribution in [0, 0.1) is 5.82 Å². The van der Waals surface area contributed by atoms with E-state index >= 15 is 0 Å². The maximum atomic E-state index is 14.1. The second-order valence-corrected chi connectivity index (χ2v) is 5.77. The van der Waals surface area contributed by atoms with Crippen LogP contribution >= 0.6 is 0 Å². The normalized spacial score (nSPS) is 15.2. The molecule has 6 heteroatoms. The van der Waals surface area contributed by atoms with Gasteiger partial charge in [0, 0.05) is 17.8 Å². The van der Waals surface area contributed by atoms with E-state index in [1.165, 1.54) is 30.5 Å². The van der Waals surface area contributed by atoms with Crippen molar-refractivity contribution in [3.8, 4) is 23.0 Å². The molecule has 0 radical (unpaired) electrons. The number of benzene rings is 2. The Morgan fingerprint density at radius 1 is 1.04 bits per heavy atom. The van der Waals surface area contributed by atoms with E-state index in [2.05, 4.69) is 4.99 Å². The molecule has 1 fully saturated rings. The average Bonchev–Trinajstić information content (AvgIpc) is 3.07. The molecule has 2 aromatic rings. The summed E-state index contributed by atoms with van der Waals surface area (Å²) in [5.41, 5.74) is 0.551. The molecule has 0 amide bonds. The lowest BCUT2D eigenvalue weighted by Crippen LogP contribution is -2.11. The molecular formula is C18H18FNO4. The number of nitrogens with zero attached hydrogens (tertiary/aromatic N) is 1. The second-order valence-electron chi connectivity index (χ2n) is 5.77. The maximum absolute atomic E-state index is 14.1. The van der Waals surface area contributed by atoms with Gasteiger partial charge in [0.05, 0.1) is 11.8 Å². The number of hydrogen-bond acceptors (Lipinski definition) is 5. The minimum absolute atomic E-state index is 0.0748. The molecule has 0 heterocycles. The summed E-state index contributed by atoms with van der Waals surface area (Å²) in [5.74, 6) is -1.81. The highest BCUT2D eigenvalue weighted by Gasteiger charge is 2.18. The lowest BCUT2D eigenvalue weighted by molar-refractivity contribution is 0.201. The van der Waals surface area contributed by atoms with Crippen molar-refractivity contribution in [1.82, 2.24) is 0 Å². The van der Waals surface area contributed by atoms with E-state index in [9.17, 15) is 19.7 Å². The summed E-state index contributed by atoms with van der Waals surface area (Å²) in [5, 5.41) is 28.5. The zero-order valence-corrected chi connectivity index (χ0v) is 12.9. The van der Waals surface area contributed by atoms with Crippen molar-refractivity contribution in [3.63, 3.8) is 0 Å². The second kappa shape index (κ2) is 6.78. The van der Waals surface area contributed by atoms with Crippen molar-refractivity contribution >= 4 is 11.9 Å². The smallest absolute Gasteiger partial charge is 0.200 e. The summed E-state index contributed by atoms with van der Waals surface area (Å²) in [6.45, 7) is 0. The van der Waals surface area contributed by atoms with E-state index in [1.54, 1.807) is 6.07 Å². The van der Waals surface area contributed by atoms with Crippen LogP contribution < -0.4 is 4.74 Å². The van der Waals surface area contributed by atoms with E-state index < -0.39 is 23.1 Å². The molecule has 126 valence electrons. The van der Waals surface area contributed by atoms with Crippen LogP contribution in [0.25, 0.3) is 0 Å². The van der Waals surface area contributed by atoms with E-state index in [1.807, 2.05) is 0 Å². The molecule has 0 aromatic heterocycles. The molecule has 0 spiro atoms. The summed E-state index contributed by atoms with van der Waals surface area (Å²) < 4.78 is 19.7. The summed E-state index contributed by atoms with van der Waals surface area (Å²) in [6, 6.07) is 7.02. The number of ether oxygens (including phenoxy) is 1. The Bertz CT molecular complexity index is 770. The van der Waals surface area contributed by atoms with Crippen molar-refractivity contribution in [1.29, 1.82) is 0 Å². The predicted octanol–water partition coefficient (Wildman–Crippen LogP) is 4.01. The molecule has 3 rings (SSSR count). The highest BCUT2D eigenvalue weighted by Crippen LogP contribution is 2.36. The van der Waals surface area contributed by atoms with Crippen LogP contribution in [0.5, 0.6) is 23.0 Å². The first-order valence-corrected chi connectivity index (χ1v) is 7.79. The largest absolute Gasteiger partial charge is 0.504 e. The molecule has 24 heavy (non-hydrogen) atoms. The van der Waals surface area contributed by atoms with Crippen molar-refractivity contribution < 1.29 is 24.4 Å². The van der Waals surface area contributed by atoms with Gasteiger partial charge in [-0.3, -0.25) is 4.99 Å². The van der Waals surface area contributed by atoms with Gasteiger partial charge in [0.15, 0.2) is 23.1 Å². The molecule has 0 aliphatic heterocycles. The summed E-state index contributed by atoms with van der Waals surface area (Å²) in [6.07, 6.45) is 5.47. The third-order valence-corrected chi connectivity index (χ3v) is 4.03. The number of halogens is 1. The van der Waals surface area contributed by atoms with E-state index in [-0.39, 0.29) is 17.4 Å². The molecule has 5 nitrogen and oxygen atoms in total. The van der Waals surface area contributed by atoms with Crippen LogP contribution in [0.3, 0.4) is 0 Å². The van der Waals surface area contributed by atoms with Crippen molar-refractivity contribution in [2.45, 2.75) is 31.8 Å². The van der Waals surface area contributed by atoms with E-state index in [4.69, 9.17) is 4.74 Å². The van der Waals surface area contributed by atoms with Gasteiger partial charge >= 0.3 is 0 Å². The number of aliphatic imine (C=N–C) groups is 1. The third kappa shape index (κ3) is 3.42. The lowest BCUT2D eigenvalue weighted by atomic mass is 10.2. The van der Waals surface area contributed by atoms with Crippen LogP contribution in [0.1, 0.15) is 31.2 Å². The molecular weight excluding hydrogens is 313 g/mol. The summed E-state index contributed by atoms with van der Waals surface area (Å²) >= 11 is 0. The van der Waals surface area contributed by atoms with Crippen LogP contribution in [-0.2, 0) is 0 Å². The highest BCUT2D eigenvalue weighted by molar-refractivity contribution is 5.87. The zero-order chi connectivity index (χ0) is 17.1. The number of phenolic OH excluding ortho intramolecular Hbond substituents is 3. The fourth-order valence-corrected chi connectivity index (χ4v) is 2.68. The Labute approximate surface area is 138 Å². The lowest BCUT2D eigenvalue weighted by Gasteiger charge is -2.13. The minimum Gasteiger partial charge on any atom is -0.504 e. The monoisotopic (exact) mass is 331 g/mol. The summed E-state index contributed by atoms with van der Waals surface area (Å²) in [4.78, 5) is 4.07. The van der Waals surface area contributed by atoms with Crippen LogP contribution in [-0.4, -0.2) is 27.6 Å². The summed E-state index contributed by atoms with van der Waals surface area (Å²) in [7, 11) is 0. The number of phenols is 3. The highest BCUT2D eigenvalue weighted by atomic mass is 19.1. The molecule has 0 unspecified atom stereocenters. The minimum atomic E-state index is -0.620. The first-order valence-electron chi connectivity index (χ1n) is 7.79. The van der Waals surface area contributed by atoms with Crippen LogP contribution in [0.15, 0.2) is 35.3 Å². The molecule has 2 aromatic carbocycles. The van der Waals surface area contributed by atoms with Gasteiger partial charge in [-0.25, -0.2) is 4.39 Å². The van der Waals surface area contributed by atoms with E-state index in [0.717, 1.165) is 25.7 Å². The molecule has 0 saturated heterocycles. The Morgan fingerprint density at radius 3 is 2.50 bits per heavy atom. The maximum Gasteiger partial charge on any atom is 0.200 e. The van der Waals surface area contributed by atoms with Gasteiger partial charge in [0.1, 0.15) is 0 Å². The Morgan fingerprint density at radius 2 is 1.79 bits per heavy atom. The Kier molecular flexibility index (Phi) is 4.55. The number of hydrogen-bond donors (Lipinski definition) is 3. The van der Waals surface area contributed by atoms with E-state index in [0.29, 0.717) is 5.69 Å². The fraction of sp³-hybridized carbons (Fsp3) is 0.278. The third-order valence-electron chi connectivity index (χ3n) is 4.03. The predicted molar refractivity (Wildman–Crippen MR) is 88.0 cm³/mol. The van der Waals surface area contributed by atoms with Crippen LogP contribution in [0.4, 0.5) is 10.1 Å². The van der Waals surface area contributed by atoms with Crippen molar-refractivity contribution in [2.24, 2.45) is 4.99 Å². The van der Waals surface area contributed by atoms with Crippen LogP contribution in [0.2, 0.25) is 0 Å². The van der Waals surface area contributed by atoms with Gasteiger partial charge in [-0.2, -0.15) is 0 Å². The first-order chi connectivity index (χ1) is 11.5. The average molecular weight is 331 g/mol. The van der Waals surface area contributed by atoms with Gasteiger partial charge in [0.2, 0.25) is 5.75 Å². The molecule has 0 bridgehead atoms. The zero-order valence-electron chi connectivity index (χ0n) is 12.9. The van der Waals surface area contributed by atoms with Crippen molar-refractivity contribution in [3.05, 3.63) is 41.7 Å². The van der Waals surface area contributed by atoms with Gasteiger partial charge in [-0.15, -0.1) is 0 Å². The Balaban J connectivity index is 1.76. The van der Waals surface area contributed by atoms with Gasteiger partial charge < -0.3 is 20.1 Å². The first kappa shape index (κ1) is 16.1. The standard InChI is InChI=1S/C18H18FNO4/c19-14-9-12(6-8-16(14)24-13-3-1-2-4-13)20-10-11-5-7-15(21)18(23)17(11)22/h5-10,13,21-23H,1-4H2. The van der Waals surface area contributed by atoms with Gasteiger partial charge in [-0.1, -0.05) is 0 Å². The quantitative estimate of drug-likeness (QED) is 0.584. The molecule has 3 N–H and O–H groups in total. The SMILES string of the molecule is Oc1ccc(C=Nc2ccc(OC3CCCC3)c(F)c2)c(O)c1O. The fourth-order valence-electron chi connectivity index (χ4n) is 2.68. The number of rotatable bonds is 4. The van der Waals surface area contributed by atoms with Gasteiger partial charge in [-0.05, 0) is 49.9 Å². The molecule has 1 aliphatic carbocycles. The van der Waals surface area contributed by atoms with Gasteiger partial charge in [0.25, 0.3) is 0 Å². The molecule has 0 atom stereocenters. The molecule has 1 saturated carbocycles. The number of aromatic hydroxyl groups is 3. The Hall–Kier alpha value is -2.76. The molecule has 1 aliphatic rings. The van der Waals surface area contributed by atoms with Crippen molar-refractivity contribution in [2.75, 3.05) is 0 Å². The topological polar surface area (TPSA) is 82.3 Å².